The van der Waals surface area contributed by atoms with E-state index in [0.29, 0.717) is 12.6 Å². The Balaban J connectivity index is 1.64. The fourth-order valence-electron chi connectivity index (χ4n) is 3.11. The van der Waals surface area contributed by atoms with Crippen LogP contribution in [0, 0.1) is 0 Å². The van der Waals surface area contributed by atoms with Crippen LogP contribution in [0.3, 0.4) is 0 Å². The van der Waals surface area contributed by atoms with Gasteiger partial charge in [-0.25, -0.2) is 0 Å². The quantitative estimate of drug-likeness (QED) is 0.292. The van der Waals surface area contributed by atoms with E-state index in [1.165, 1.54) is 38.5 Å². The number of rotatable bonds is 7. The van der Waals surface area contributed by atoms with Gasteiger partial charge in [-0.2, -0.15) is 0 Å². The van der Waals surface area contributed by atoms with E-state index >= 15 is 0 Å². The molecule has 0 bridgehead atoms. The van der Waals surface area contributed by atoms with Crippen LogP contribution in [0.5, 0.6) is 0 Å². The van der Waals surface area contributed by atoms with Gasteiger partial charge in [-0.1, -0.05) is 25.7 Å². The van der Waals surface area contributed by atoms with Crippen molar-refractivity contribution in [3.05, 3.63) is 0 Å². The number of hydrogen-bond donors (Lipinski definition) is 3. The minimum Gasteiger partial charge on any atom is -0.388 e. The maximum Gasteiger partial charge on any atom is 0.191 e. The summed E-state index contributed by atoms with van der Waals surface area (Å²) in [6.45, 7) is 4.86. The smallest absolute Gasteiger partial charge is 0.191 e. The van der Waals surface area contributed by atoms with Crippen molar-refractivity contribution in [2.24, 2.45) is 4.99 Å². The molecule has 2 saturated carbocycles. The maximum absolute atomic E-state index is 10.1. The molecular formula is C17H33N3O2. The van der Waals surface area contributed by atoms with Gasteiger partial charge in [0.2, 0.25) is 0 Å². The van der Waals surface area contributed by atoms with Crippen molar-refractivity contribution in [1.82, 2.24) is 10.6 Å². The average molecular weight is 311 g/mol. The number of guanidine groups is 1. The van der Waals surface area contributed by atoms with E-state index in [-0.39, 0.29) is 0 Å². The zero-order chi connectivity index (χ0) is 15.7. The molecule has 0 amide bonds. The Bertz CT molecular complexity index is 335. The highest BCUT2D eigenvalue weighted by Crippen LogP contribution is 2.31. The van der Waals surface area contributed by atoms with E-state index in [0.717, 1.165) is 44.9 Å². The zero-order valence-corrected chi connectivity index (χ0v) is 14.1. The third-order valence-electron chi connectivity index (χ3n) is 4.71. The molecule has 3 N–H and O–H groups in total. The lowest BCUT2D eigenvalue weighted by Gasteiger charge is -2.35. The summed E-state index contributed by atoms with van der Waals surface area (Å²) < 4.78 is 5.97. The topological polar surface area (TPSA) is 65.9 Å². The summed E-state index contributed by atoms with van der Waals surface area (Å²) in [6, 6.07) is 0. The van der Waals surface area contributed by atoms with Crippen molar-refractivity contribution < 1.29 is 9.84 Å². The fourth-order valence-corrected chi connectivity index (χ4v) is 3.11. The Hall–Kier alpha value is -0.810. The van der Waals surface area contributed by atoms with Crippen LogP contribution in [0.1, 0.15) is 64.7 Å². The summed E-state index contributed by atoms with van der Waals surface area (Å²) in [7, 11) is 0. The van der Waals surface area contributed by atoms with E-state index in [2.05, 4.69) is 22.5 Å². The summed E-state index contributed by atoms with van der Waals surface area (Å²) >= 11 is 0. The van der Waals surface area contributed by atoms with Gasteiger partial charge in [0.15, 0.2) is 5.96 Å². The highest BCUT2D eigenvalue weighted by Gasteiger charge is 2.34. The number of hydrogen-bond acceptors (Lipinski definition) is 3. The molecule has 0 saturated heterocycles. The molecule has 5 nitrogen and oxygen atoms in total. The molecule has 0 unspecified atom stereocenters. The van der Waals surface area contributed by atoms with E-state index in [4.69, 9.17) is 4.74 Å². The Kier molecular flexibility index (Phi) is 7.46. The number of aliphatic hydroxyl groups is 1. The van der Waals surface area contributed by atoms with Gasteiger partial charge in [-0.3, -0.25) is 4.99 Å². The Morgan fingerprint density at radius 2 is 1.86 bits per heavy atom. The van der Waals surface area contributed by atoms with Crippen molar-refractivity contribution in [2.45, 2.75) is 76.4 Å². The Morgan fingerprint density at radius 1 is 1.14 bits per heavy atom. The lowest BCUT2D eigenvalue weighted by atomic mass is 9.80. The second-order valence-electron chi connectivity index (χ2n) is 6.68. The monoisotopic (exact) mass is 311 g/mol. The fraction of sp³-hybridized carbons (Fsp3) is 0.941. The Morgan fingerprint density at radius 3 is 2.45 bits per heavy atom. The first-order chi connectivity index (χ1) is 10.7. The molecule has 0 spiro atoms. The van der Waals surface area contributed by atoms with Crippen molar-refractivity contribution >= 4 is 5.96 Å². The summed E-state index contributed by atoms with van der Waals surface area (Å²) in [5.41, 5.74) is -0.556. The van der Waals surface area contributed by atoms with Crippen LogP contribution in [0.15, 0.2) is 4.99 Å². The molecular weight excluding hydrogens is 278 g/mol. The van der Waals surface area contributed by atoms with Gasteiger partial charge in [0.1, 0.15) is 0 Å². The molecule has 22 heavy (non-hydrogen) atoms. The minimum absolute atomic E-state index is 0.444. The van der Waals surface area contributed by atoms with Gasteiger partial charge in [-0.15, -0.1) is 0 Å². The summed E-state index contributed by atoms with van der Waals surface area (Å²) in [6.07, 6.45) is 11.1. The maximum atomic E-state index is 10.1. The van der Waals surface area contributed by atoms with Crippen LogP contribution < -0.4 is 10.6 Å². The molecule has 0 aliphatic heterocycles. The summed E-state index contributed by atoms with van der Waals surface area (Å²) in [5.74, 6) is 0.785. The van der Waals surface area contributed by atoms with Gasteiger partial charge in [0.05, 0.1) is 24.9 Å². The van der Waals surface area contributed by atoms with Crippen LogP contribution in [0.2, 0.25) is 0 Å². The molecule has 0 atom stereocenters. The molecule has 0 aromatic rings. The van der Waals surface area contributed by atoms with Gasteiger partial charge >= 0.3 is 0 Å². The first-order valence-electron chi connectivity index (χ1n) is 9.08. The third-order valence-corrected chi connectivity index (χ3v) is 4.71. The average Bonchev–Trinajstić information content (AvgIpc) is 2.75. The molecule has 2 rings (SSSR count). The number of nitrogens with zero attached hydrogens (tertiary/aromatic N) is 1. The first kappa shape index (κ1) is 17.5. The molecule has 0 heterocycles. The third kappa shape index (κ3) is 6.13. The van der Waals surface area contributed by atoms with Crippen molar-refractivity contribution in [2.75, 3.05) is 26.2 Å². The standard InChI is InChI=1S/C17H33N3O2/c1-2-18-16(20-14-17(21)10-7-11-17)19-12-13-22-15-8-5-3-4-6-9-15/h15,21H,2-14H2,1H3,(H2,18,19,20). The van der Waals surface area contributed by atoms with E-state index in [1.54, 1.807) is 0 Å². The van der Waals surface area contributed by atoms with Crippen molar-refractivity contribution in [1.29, 1.82) is 0 Å². The molecule has 2 aliphatic rings. The van der Waals surface area contributed by atoms with Gasteiger partial charge in [0, 0.05) is 13.1 Å². The SMILES string of the molecule is CCNC(=NCC1(O)CCC1)NCCOC1CCCCCC1. The van der Waals surface area contributed by atoms with Crippen LogP contribution in [0.4, 0.5) is 0 Å². The van der Waals surface area contributed by atoms with Crippen LogP contribution >= 0.6 is 0 Å². The van der Waals surface area contributed by atoms with Crippen molar-refractivity contribution in [3.63, 3.8) is 0 Å². The normalized spacial score (nSPS) is 22.7. The predicted octanol–water partition coefficient (Wildman–Crippen LogP) is 2.20. The van der Waals surface area contributed by atoms with E-state index in [9.17, 15) is 5.11 Å². The summed E-state index contributed by atoms with van der Waals surface area (Å²) in [5, 5.41) is 16.6. The van der Waals surface area contributed by atoms with E-state index < -0.39 is 5.60 Å². The van der Waals surface area contributed by atoms with E-state index in [1.807, 2.05) is 0 Å². The number of nitrogens with one attached hydrogen (secondary N) is 2. The molecule has 2 fully saturated rings. The van der Waals surface area contributed by atoms with Crippen LogP contribution in [-0.4, -0.2) is 49.0 Å². The highest BCUT2D eigenvalue weighted by atomic mass is 16.5. The second-order valence-corrected chi connectivity index (χ2v) is 6.68. The lowest BCUT2D eigenvalue weighted by molar-refractivity contribution is -0.0236. The zero-order valence-electron chi connectivity index (χ0n) is 14.1. The molecule has 0 aromatic heterocycles. The minimum atomic E-state index is -0.556. The second kappa shape index (κ2) is 9.36. The highest BCUT2D eigenvalue weighted by molar-refractivity contribution is 5.79. The van der Waals surface area contributed by atoms with Crippen LogP contribution in [-0.2, 0) is 4.74 Å². The van der Waals surface area contributed by atoms with Crippen LogP contribution in [0.25, 0.3) is 0 Å². The largest absolute Gasteiger partial charge is 0.388 e. The lowest BCUT2D eigenvalue weighted by Crippen LogP contribution is -2.44. The van der Waals surface area contributed by atoms with Crippen molar-refractivity contribution in [3.8, 4) is 0 Å². The predicted molar refractivity (Wildman–Crippen MR) is 90.2 cm³/mol. The Labute approximate surface area is 134 Å². The number of ether oxygens (including phenoxy) is 1. The van der Waals surface area contributed by atoms with Gasteiger partial charge < -0.3 is 20.5 Å². The molecule has 5 heteroatoms. The molecule has 2 aliphatic carbocycles. The summed E-state index contributed by atoms with van der Waals surface area (Å²) in [4.78, 5) is 4.50. The molecule has 128 valence electrons. The molecule has 0 aromatic carbocycles. The van der Waals surface area contributed by atoms with Gasteiger partial charge in [0.25, 0.3) is 0 Å². The van der Waals surface area contributed by atoms with Gasteiger partial charge in [-0.05, 0) is 39.0 Å². The first-order valence-corrected chi connectivity index (χ1v) is 9.08. The molecule has 0 radical (unpaired) electrons. The number of aliphatic imine (C=N–C) groups is 1.